The molecule has 0 aromatic heterocycles. The third-order valence-corrected chi connectivity index (χ3v) is 2.96. The standard InChI is InChI=1S/C11H19NO3/c1-2-5-11(6-7-11)8-12-9(13)3-4-10(14)15/h2-8H2,1H3,(H,12,13)(H,14,15). The van der Waals surface area contributed by atoms with Crippen LogP contribution in [0, 0.1) is 5.41 Å². The van der Waals surface area contributed by atoms with Gasteiger partial charge in [0, 0.05) is 13.0 Å². The van der Waals surface area contributed by atoms with Gasteiger partial charge in [-0.05, 0) is 24.7 Å². The van der Waals surface area contributed by atoms with Crippen molar-refractivity contribution in [3.63, 3.8) is 0 Å². The molecule has 4 nitrogen and oxygen atoms in total. The topological polar surface area (TPSA) is 66.4 Å². The molecule has 0 saturated heterocycles. The summed E-state index contributed by atoms with van der Waals surface area (Å²) in [5.74, 6) is -1.06. The molecule has 2 N–H and O–H groups in total. The maximum atomic E-state index is 11.3. The van der Waals surface area contributed by atoms with Crippen molar-refractivity contribution in [1.29, 1.82) is 0 Å². The van der Waals surface area contributed by atoms with Crippen molar-refractivity contribution in [2.45, 2.75) is 45.4 Å². The Morgan fingerprint density at radius 1 is 1.33 bits per heavy atom. The van der Waals surface area contributed by atoms with E-state index in [2.05, 4.69) is 12.2 Å². The highest BCUT2D eigenvalue weighted by molar-refractivity contribution is 5.80. The Labute approximate surface area is 90.0 Å². The first kappa shape index (κ1) is 12.0. The van der Waals surface area contributed by atoms with Crippen LogP contribution in [0.4, 0.5) is 0 Å². The Hall–Kier alpha value is -1.06. The largest absolute Gasteiger partial charge is 0.481 e. The molecule has 0 unspecified atom stereocenters. The molecule has 4 heteroatoms. The van der Waals surface area contributed by atoms with Crippen molar-refractivity contribution in [2.24, 2.45) is 5.41 Å². The Kier molecular flexibility index (Phi) is 4.12. The minimum Gasteiger partial charge on any atom is -0.481 e. The van der Waals surface area contributed by atoms with Crippen LogP contribution in [0.15, 0.2) is 0 Å². The lowest BCUT2D eigenvalue weighted by Crippen LogP contribution is -2.30. The lowest BCUT2D eigenvalue weighted by molar-refractivity contribution is -0.138. The van der Waals surface area contributed by atoms with Crippen molar-refractivity contribution in [2.75, 3.05) is 6.54 Å². The molecule has 1 amide bonds. The Bertz CT molecular complexity index is 246. The third kappa shape index (κ3) is 4.32. The van der Waals surface area contributed by atoms with E-state index in [1.54, 1.807) is 0 Å². The molecule has 1 fully saturated rings. The Balaban J connectivity index is 2.14. The quantitative estimate of drug-likeness (QED) is 0.674. The molecule has 1 rings (SSSR count). The summed E-state index contributed by atoms with van der Waals surface area (Å²) in [6.45, 7) is 2.87. The number of rotatable bonds is 7. The minimum absolute atomic E-state index is 0.0768. The number of carboxylic acid groups (broad SMARTS) is 1. The molecule has 0 aromatic rings. The smallest absolute Gasteiger partial charge is 0.303 e. The maximum absolute atomic E-state index is 11.3. The van der Waals surface area contributed by atoms with Gasteiger partial charge in [0.15, 0.2) is 0 Å². The van der Waals surface area contributed by atoms with E-state index >= 15 is 0 Å². The van der Waals surface area contributed by atoms with Crippen molar-refractivity contribution < 1.29 is 14.7 Å². The average Bonchev–Trinajstić information content (AvgIpc) is 2.93. The lowest BCUT2D eigenvalue weighted by Gasteiger charge is -2.14. The van der Waals surface area contributed by atoms with Gasteiger partial charge in [0.1, 0.15) is 0 Å². The first-order chi connectivity index (χ1) is 7.08. The first-order valence-corrected chi connectivity index (χ1v) is 5.56. The lowest BCUT2D eigenvalue weighted by atomic mass is 10.0. The zero-order chi connectivity index (χ0) is 11.3. The summed E-state index contributed by atoms with van der Waals surface area (Å²) in [6.07, 6.45) is 4.71. The van der Waals surface area contributed by atoms with Crippen LogP contribution in [0.1, 0.15) is 45.4 Å². The molecule has 1 saturated carbocycles. The number of hydrogen-bond donors (Lipinski definition) is 2. The van der Waals surface area contributed by atoms with E-state index in [4.69, 9.17) is 5.11 Å². The second kappa shape index (κ2) is 5.14. The molecule has 1 aliphatic rings. The van der Waals surface area contributed by atoms with Gasteiger partial charge in [-0.2, -0.15) is 0 Å². The highest BCUT2D eigenvalue weighted by Gasteiger charge is 2.41. The number of hydrogen-bond acceptors (Lipinski definition) is 2. The van der Waals surface area contributed by atoms with E-state index in [1.165, 1.54) is 12.8 Å². The molecule has 0 aliphatic heterocycles. The number of carbonyl (C=O) groups is 2. The second-order valence-electron chi connectivity index (χ2n) is 4.42. The Morgan fingerprint density at radius 3 is 2.47 bits per heavy atom. The van der Waals surface area contributed by atoms with Gasteiger partial charge < -0.3 is 10.4 Å². The van der Waals surface area contributed by atoms with E-state index < -0.39 is 5.97 Å². The molecule has 0 spiro atoms. The summed E-state index contributed by atoms with van der Waals surface area (Å²) in [6, 6.07) is 0. The van der Waals surface area contributed by atoms with E-state index in [9.17, 15) is 9.59 Å². The number of carboxylic acids is 1. The van der Waals surface area contributed by atoms with Crippen molar-refractivity contribution in [3.8, 4) is 0 Å². The molecule has 0 bridgehead atoms. The van der Waals surface area contributed by atoms with Crippen molar-refractivity contribution in [3.05, 3.63) is 0 Å². The summed E-state index contributed by atoms with van der Waals surface area (Å²) in [4.78, 5) is 21.5. The SMILES string of the molecule is CCCC1(CNC(=O)CCC(=O)O)CC1. The molecule has 0 radical (unpaired) electrons. The zero-order valence-corrected chi connectivity index (χ0v) is 9.21. The van der Waals surface area contributed by atoms with Gasteiger partial charge in [-0.25, -0.2) is 0 Å². The minimum atomic E-state index is -0.917. The molecular formula is C11H19NO3. The average molecular weight is 213 g/mol. The second-order valence-corrected chi connectivity index (χ2v) is 4.42. The number of nitrogens with one attached hydrogen (secondary N) is 1. The van der Waals surface area contributed by atoms with Gasteiger partial charge in [-0.3, -0.25) is 9.59 Å². The van der Waals surface area contributed by atoms with E-state index in [-0.39, 0.29) is 18.7 Å². The van der Waals surface area contributed by atoms with E-state index in [1.807, 2.05) is 0 Å². The predicted octanol–water partition coefficient (Wildman–Crippen LogP) is 1.55. The summed E-state index contributed by atoms with van der Waals surface area (Å²) in [5, 5.41) is 11.2. The van der Waals surface area contributed by atoms with Gasteiger partial charge in [-0.15, -0.1) is 0 Å². The summed E-state index contributed by atoms with van der Waals surface area (Å²) < 4.78 is 0. The number of carbonyl (C=O) groups excluding carboxylic acids is 1. The van der Waals surface area contributed by atoms with Gasteiger partial charge in [0.05, 0.1) is 6.42 Å². The predicted molar refractivity (Wildman–Crippen MR) is 56.5 cm³/mol. The van der Waals surface area contributed by atoms with Gasteiger partial charge in [0.25, 0.3) is 0 Å². The molecule has 0 atom stereocenters. The van der Waals surface area contributed by atoms with Crippen LogP contribution in [0.2, 0.25) is 0 Å². The Morgan fingerprint density at radius 2 is 2.00 bits per heavy atom. The fourth-order valence-electron chi connectivity index (χ4n) is 1.82. The van der Waals surface area contributed by atoms with Crippen LogP contribution in [0.5, 0.6) is 0 Å². The highest BCUT2D eigenvalue weighted by Crippen LogP contribution is 2.48. The van der Waals surface area contributed by atoms with E-state index in [0.717, 1.165) is 19.4 Å². The molecule has 0 aromatic carbocycles. The first-order valence-electron chi connectivity index (χ1n) is 5.56. The molecule has 0 heterocycles. The monoisotopic (exact) mass is 213 g/mol. The number of amides is 1. The van der Waals surface area contributed by atoms with Crippen LogP contribution >= 0.6 is 0 Å². The molecule has 1 aliphatic carbocycles. The summed E-state index contributed by atoms with van der Waals surface area (Å²) in [5.41, 5.74) is 0.341. The summed E-state index contributed by atoms with van der Waals surface area (Å²) in [7, 11) is 0. The number of aliphatic carboxylic acids is 1. The maximum Gasteiger partial charge on any atom is 0.303 e. The van der Waals surface area contributed by atoms with Crippen molar-refractivity contribution >= 4 is 11.9 Å². The normalized spacial score (nSPS) is 17.1. The third-order valence-electron chi connectivity index (χ3n) is 2.96. The van der Waals surface area contributed by atoms with E-state index in [0.29, 0.717) is 5.41 Å². The van der Waals surface area contributed by atoms with Crippen LogP contribution < -0.4 is 5.32 Å². The van der Waals surface area contributed by atoms with Crippen molar-refractivity contribution in [1.82, 2.24) is 5.32 Å². The zero-order valence-electron chi connectivity index (χ0n) is 9.21. The molecule has 86 valence electrons. The summed E-state index contributed by atoms with van der Waals surface area (Å²) >= 11 is 0. The van der Waals surface area contributed by atoms with Gasteiger partial charge in [0.2, 0.25) is 5.91 Å². The highest BCUT2D eigenvalue weighted by atomic mass is 16.4. The van der Waals surface area contributed by atoms with Crippen LogP contribution in [-0.4, -0.2) is 23.5 Å². The van der Waals surface area contributed by atoms with Crippen LogP contribution in [0.25, 0.3) is 0 Å². The van der Waals surface area contributed by atoms with Crippen LogP contribution in [0.3, 0.4) is 0 Å². The van der Waals surface area contributed by atoms with Gasteiger partial charge >= 0.3 is 5.97 Å². The fourth-order valence-corrected chi connectivity index (χ4v) is 1.82. The van der Waals surface area contributed by atoms with Gasteiger partial charge in [-0.1, -0.05) is 13.3 Å². The fraction of sp³-hybridized carbons (Fsp3) is 0.818. The molecular weight excluding hydrogens is 194 g/mol. The molecule has 15 heavy (non-hydrogen) atoms. The van der Waals surface area contributed by atoms with Crippen LogP contribution in [-0.2, 0) is 9.59 Å².